The second kappa shape index (κ2) is 41.0. The number of hydrogen-bond acceptors (Lipinski definition) is 30. The molecule has 15 rings (SSSR count). The van der Waals surface area contributed by atoms with Gasteiger partial charge in [-0.2, -0.15) is 10.5 Å². The Hall–Kier alpha value is -17.4. The molecule has 36 heteroatoms. The zero-order chi connectivity index (χ0) is 92.4. The molecule has 0 saturated heterocycles. The fraction of sp³-hybridized carbons (Fsp3) is 0.170. The Kier molecular flexibility index (Phi) is 28.5. The molecule has 18 N–H and O–H groups in total. The normalized spacial score (nSPS) is 11.5. The molecule has 36 nitrogen and oxygen atoms in total. The molecule has 15 aromatic rings. The van der Waals surface area contributed by atoms with Gasteiger partial charge in [0.05, 0.1) is 80.6 Å². The van der Waals surface area contributed by atoms with Crippen LogP contribution < -0.4 is 82.5 Å². The number of methoxy groups -OCH3 is 1. The maximum Gasteiger partial charge on any atom is 0.337 e. The van der Waals surface area contributed by atoms with Crippen molar-refractivity contribution in [2.24, 2.45) is 5.73 Å². The first kappa shape index (κ1) is 90.3. The summed E-state index contributed by atoms with van der Waals surface area (Å²) in [5.41, 5.74) is 35.1. The molecule has 0 aliphatic rings. The van der Waals surface area contributed by atoms with Gasteiger partial charge in [0.2, 0.25) is 0 Å². The number of amides is 3. The van der Waals surface area contributed by atoms with Crippen LogP contribution in [0, 0.1) is 43.4 Å². The lowest BCUT2D eigenvalue weighted by atomic mass is 10.1. The van der Waals surface area contributed by atoms with Gasteiger partial charge < -0.3 is 59.6 Å². The summed E-state index contributed by atoms with van der Waals surface area (Å²) in [6, 6.07) is 66.9. The number of nitriles is 2. The van der Waals surface area contributed by atoms with Gasteiger partial charge in [-0.1, -0.05) is 130 Å². The van der Waals surface area contributed by atoms with Gasteiger partial charge in [-0.05, 0) is 166 Å². The van der Waals surface area contributed by atoms with E-state index in [2.05, 4.69) is 73.9 Å². The van der Waals surface area contributed by atoms with Crippen molar-refractivity contribution in [3.63, 3.8) is 0 Å². The second-order valence-electron chi connectivity index (χ2n) is 29.5. The number of primary amides is 1. The van der Waals surface area contributed by atoms with E-state index in [4.69, 9.17) is 53.0 Å². The number of nitrogens with two attached hydrogens (primary N) is 4. The van der Waals surface area contributed by atoms with Crippen LogP contribution in [0.25, 0.3) is 49.8 Å². The quantitative estimate of drug-likeness (QED) is 0.0123. The van der Waals surface area contributed by atoms with Gasteiger partial charge in [0, 0.05) is 47.8 Å². The van der Waals surface area contributed by atoms with Crippen molar-refractivity contribution in [1.82, 2.24) is 69.5 Å². The van der Waals surface area contributed by atoms with Gasteiger partial charge in [0.1, 0.15) is 87.0 Å². The van der Waals surface area contributed by atoms with Crippen LogP contribution in [0.1, 0.15) is 162 Å². The Morgan fingerprint density at radius 1 is 0.400 bits per heavy atom. The first-order valence-electron chi connectivity index (χ1n) is 41.0. The summed E-state index contributed by atoms with van der Waals surface area (Å²) >= 11 is 0. The molecular weight excluding hydrogens is 1650 g/mol. The van der Waals surface area contributed by atoms with Crippen LogP contribution in [0.5, 0.6) is 0 Å². The van der Waals surface area contributed by atoms with Crippen molar-refractivity contribution in [1.29, 1.82) is 10.5 Å². The monoisotopic (exact) mass is 1740 g/mol. The van der Waals surface area contributed by atoms with E-state index in [1.165, 1.54) is 7.11 Å². The Bertz CT molecular complexity index is 6760. The molecule has 6 aromatic heterocycles. The number of carbonyl (C=O) groups is 4. The molecule has 3 amide bonds. The minimum Gasteiger partial charge on any atom is -0.465 e. The Balaban J connectivity index is 0.000000166. The summed E-state index contributed by atoms with van der Waals surface area (Å²) < 4.78 is 9.47. The average Bonchev–Trinajstić information content (AvgIpc) is 0.760. The highest BCUT2D eigenvalue weighted by Gasteiger charge is 2.30. The molecule has 656 valence electrons. The highest BCUT2D eigenvalue weighted by atomic mass is 16.5. The van der Waals surface area contributed by atoms with E-state index in [1.807, 2.05) is 148 Å². The van der Waals surface area contributed by atoms with Crippen molar-refractivity contribution < 1.29 is 34.3 Å². The van der Waals surface area contributed by atoms with Gasteiger partial charge in [0.15, 0.2) is 11.6 Å². The van der Waals surface area contributed by atoms with Crippen LogP contribution in [0.4, 0.5) is 52.0 Å². The molecule has 3 atom stereocenters. The number of nitrogens with zero attached hydrogens (tertiary/aromatic N) is 14. The summed E-state index contributed by atoms with van der Waals surface area (Å²) in [4.78, 5) is 131. The van der Waals surface area contributed by atoms with Crippen molar-refractivity contribution in [2.45, 2.75) is 98.6 Å². The number of benzene rings is 9. The van der Waals surface area contributed by atoms with Gasteiger partial charge in [-0.25, -0.2) is 60.6 Å². The molecular formula is C94H90N26O10. The third-order valence-corrected chi connectivity index (χ3v) is 21.0. The number of rotatable bonds is 28. The first-order chi connectivity index (χ1) is 62.9. The highest BCUT2D eigenvalue weighted by Crippen LogP contribution is 2.34. The number of nitrogens with one attached hydrogen (secondary N) is 8. The smallest absolute Gasteiger partial charge is 0.337 e. The second-order valence-corrected chi connectivity index (χ2v) is 29.5. The maximum atomic E-state index is 14.4. The van der Waals surface area contributed by atoms with Crippen LogP contribution in [0.3, 0.4) is 0 Å². The summed E-state index contributed by atoms with van der Waals surface area (Å²) in [6.07, 6.45) is 1.51. The molecule has 0 bridgehead atoms. The van der Waals surface area contributed by atoms with Crippen LogP contribution in [0.15, 0.2) is 233 Å². The molecule has 0 aliphatic carbocycles. The van der Waals surface area contributed by atoms with E-state index in [9.17, 15) is 44.1 Å². The number of hydroxylamine groups is 2. The predicted octanol–water partition coefficient (Wildman–Crippen LogP) is 12.6. The number of nitrogen functional groups attached to an aromatic ring is 3. The van der Waals surface area contributed by atoms with Crippen molar-refractivity contribution in [3.8, 4) is 29.2 Å². The lowest BCUT2D eigenvalue weighted by Crippen LogP contribution is -2.29. The zero-order valence-electron chi connectivity index (χ0n) is 71.5. The molecule has 0 fully saturated rings. The number of para-hydroxylation sites is 3. The number of esters is 1. The van der Waals surface area contributed by atoms with E-state index in [0.29, 0.717) is 157 Å². The van der Waals surface area contributed by atoms with Gasteiger partial charge in [-0.15, -0.1) is 0 Å². The number of anilines is 9. The molecule has 0 spiro atoms. The first-order valence-corrected chi connectivity index (χ1v) is 41.0. The number of aromatic nitrogens is 12. The van der Waals surface area contributed by atoms with Gasteiger partial charge >= 0.3 is 5.97 Å². The molecule has 6 heterocycles. The standard InChI is InChI=1S/C32H30N8O3.C31H31N9O4.C31H29N9O3/c1-4-24(38-29-23(17-33)28(34)36-19(2)37-29)30-39-26-12-8-11-25(27(26)31(41)40(30)22-9-6-5-7-10-22)35-18-20-13-15-21(16-14-20)32(42)43-3;1-3-21(37-28-25(27(33)41)26(32)35-17(2)36-28)29-38-23-11-7-10-22(24(23)31(43)40(29)20-8-5-4-6-9-20)34-16-18-12-14-19(15-13-18)30(42)39-44;1-3-23(37-28-22(16-32)27(33)35-18(2)36-28)29-38-25-11-7-10-24(26(25)31(42)40(29)21-8-5-4-6-9-21)34-17-19-12-14-20(15-13-19)30(41)39-43/h5-16,24,35H,4,18H2,1-3H3,(H3,34,36,37,38);4-15,21,34,44H,3,16H2,1-2H3,(H2,33,41)(H,39,42)(H3,32,35,36,37);4-15,23,34,43H,3,17H2,1-2H3,(H,39,41)(H3,33,35,36,37)/t24-;21-;23-/m000/s1. The fourth-order valence-corrected chi connectivity index (χ4v) is 14.6. The summed E-state index contributed by atoms with van der Waals surface area (Å²) in [7, 11) is 1.34. The van der Waals surface area contributed by atoms with E-state index in [1.54, 1.807) is 136 Å². The van der Waals surface area contributed by atoms with E-state index in [-0.39, 0.29) is 68.3 Å². The van der Waals surface area contributed by atoms with Crippen LogP contribution >= 0.6 is 0 Å². The average molecular weight is 1740 g/mol. The third-order valence-electron chi connectivity index (χ3n) is 21.0. The molecule has 9 aromatic carbocycles. The largest absolute Gasteiger partial charge is 0.465 e. The minimum absolute atomic E-state index is 0.0417. The summed E-state index contributed by atoms with van der Waals surface area (Å²) in [5.74, 6) is 0.883. The minimum atomic E-state index is -0.784. The number of fused-ring (bicyclic) bond motifs is 3. The predicted molar refractivity (Wildman–Crippen MR) is 495 cm³/mol. The molecule has 0 aliphatic heterocycles. The lowest BCUT2D eigenvalue weighted by molar-refractivity contribution is 0.0599. The van der Waals surface area contributed by atoms with Crippen molar-refractivity contribution in [3.05, 3.63) is 334 Å². The molecule has 130 heavy (non-hydrogen) atoms. The topological polar surface area (TPSA) is 548 Å². The summed E-state index contributed by atoms with van der Waals surface area (Å²) in [6.45, 7) is 12.0. The Morgan fingerprint density at radius 2 is 0.700 bits per heavy atom. The fourth-order valence-electron chi connectivity index (χ4n) is 14.6. The lowest BCUT2D eigenvalue weighted by Gasteiger charge is -2.23. The van der Waals surface area contributed by atoms with Gasteiger partial charge in [-0.3, -0.25) is 52.9 Å². The van der Waals surface area contributed by atoms with Crippen molar-refractivity contribution in [2.75, 3.05) is 56.2 Å². The van der Waals surface area contributed by atoms with Crippen molar-refractivity contribution >= 4 is 108 Å². The van der Waals surface area contributed by atoms with Crippen LogP contribution in [-0.4, -0.2) is 99.8 Å². The van der Waals surface area contributed by atoms with E-state index in [0.717, 1.165) is 16.7 Å². The maximum absolute atomic E-state index is 14.4. The molecule has 0 unspecified atom stereocenters. The molecule has 0 saturated carbocycles. The van der Waals surface area contributed by atoms with Crippen LogP contribution in [0.2, 0.25) is 0 Å². The van der Waals surface area contributed by atoms with Gasteiger partial charge in [0.25, 0.3) is 34.4 Å². The SMILES string of the molecule is CC[C@H](Nc1nc(C)nc(N)c1C#N)c1nc2cccc(NCc3ccc(C(=O)NO)cc3)c2c(=O)n1-c1ccccc1.CC[C@H](Nc1nc(C)nc(N)c1C#N)c1nc2cccc(NCc3ccc(C(=O)OC)cc3)c2c(=O)n1-c1ccccc1.CC[C@H](Nc1nc(C)nc(N)c1C(N)=O)c1nc2cccc(NCc3ccc(C(=O)NO)cc3)c2c(=O)n1-c1ccccc1. The Morgan fingerprint density at radius 3 is 0.992 bits per heavy atom. The Labute approximate surface area is 743 Å². The van der Waals surface area contributed by atoms with E-state index < -0.39 is 41.8 Å². The molecule has 0 radical (unpaired) electrons. The number of hydrogen-bond donors (Lipinski definition) is 14. The number of ether oxygens (including phenoxy) is 1. The summed E-state index contributed by atoms with van der Waals surface area (Å²) in [5, 5.41) is 58.2. The zero-order valence-corrected chi connectivity index (χ0v) is 71.5. The van der Waals surface area contributed by atoms with E-state index >= 15 is 0 Å². The highest BCUT2D eigenvalue weighted by molar-refractivity contribution is 6.02. The van der Waals surface area contributed by atoms with Crippen LogP contribution in [-0.2, 0) is 24.4 Å². The number of aryl methyl sites for hydroxylation is 3. The number of carbonyl (C=O) groups excluding carboxylic acids is 4. The third kappa shape index (κ3) is 20.0.